The highest BCUT2D eigenvalue weighted by Gasteiger charge is 2.12. The van der Waals surface area contributed by atoms with Crippen LogP contribution in [0.25, 0.3) is 10.1 Å². The lowest BCUT2D eigenvalue weighted by Crippen LogP contribution is -2.27. The Labute approximate surface area is 130 Å². The molecule has 0 spiro atoms. The Hall–Kier alpha value is -0.840. The van der Waals surface area contributed by atoms with Crippen molar-refractivity contribution in [1.82, 2.24) is 9.69 Å². The van der Waals surface area contributed by atoms with Crippen molar-refractivity contribution in [3.8, 4) is 5.88 Å². The summed E-state index contributed by atoms with van der Waals surface area (Å²) in [4.78, 5) is 0. The van der Waals surface area contributed by atoms with Crippen LogP contribution in [-0.2, 0) is 0 Å². The van der Waals surface area contributed by atoms with Gasteiger partial charge in [-0.25, -0.2) is 0 Å². The standard InChI is InChI=1S/C15H20N2OS.ClH/c1-2-6-14-13(5-1)15(17-19-14)18-11-3-4-12-7-9-16-10-8-12;/h1-2,5-6,12,16H,3-4,7-11H2;1H. The van der Waals surface area contributed by atoms with E-state index in [2.05, 4.69) is 21.8 Å². The van der Waals surface area contributed by atoms with Crippen LogP contribution in [0.4, 0.5) is 0 Å². The molecular formula is C15H21ClN2OS. The monoisotopic (exact) mass is 312 g/mol. The first-order valence-electron chi connectivity index (χ1n) is 7.11. The van der Waals surface area contributed by atoms with Gasteiger partial charge in [0.25, 0.3) is 0 Å². The van der Waals surface area contributed by atoms with E-state index in [1.165, 1.54) is 48.6 Å². The van der Waals surface area contributed by atoms with Crippen molar-refractivity contribution in [3.05, 3.63) is 24.3 Å². The second-order valence-corrected chi connectivity index (χ2v) is 5.97. The summed E-state index contributed by atoms with van der Waals surface area (Å²) < 4.78 is 11.4. The number of rotatable bonds is 5. The van der Waals surface area contributed by atoms with Crippen LogP contribution in [0.1, 0.15) is 25.7 Å². The molecule has 0 saturated carbocycles. The summed E-state index contributed by atoms with van der Waals surface area (Å²) in [5.74, 6) is 1.70. The van der Waals surface area contributed by atoms with E-state index in [0.29, 0.717) is 0 Å². The molecule has 1 aliphatic heterocycles. The number of nitrogens with one attached hydrogen (secondary N) is 1. The van der Waals surface area contributed by atoms with Gasteiger partial charge in [0.2, 0.25) is 5.88 Å². The van der Waals surface area contributed by atoms with Gasteiger partial charge in [-0.05, 0) is 68.4 Å². The molecule has 1 saturated heterocycles. The zero-order valence-electron chi connectivity index (χ0n) is 11.5. The van der Waals surface area contributed by atoms with Gasteiger partial charge in [-0.2, -0.15) is 4.37 Å². The molecule has 1 fully saturated rings. The molecule has 3 nitrogen and oxygen atoms in total. The Kier molecular flexibility index (Phi) is 6.07. The lowest BCUT2D eigenvalue weighted by molar-refractivity contribution is 0.271. The van der Waals surface area contributed by atoms with Gasteiger partial charge in [-0.3, -0.25) is 0 Å². The van der Waals surface area contributed by atoms with Gasteiger partial charge < -0.3 is 10.1 Å². The Morgan fingerprint density at radius 2 is 2.05 bits per heavy atom. The summed E-state index contributed by atoms with van der Waals surface area (Å²) in [7, 11) is 0. The number of halogens is 1. The number of hydrogen-bond donors (Lipinski definition) is 1. The number of benzene rings is 1. The highest BCUT2D eigenvalue weighted by Crippen LogP contribution is 2.28. The zero-order valence-corrected chi connectivity index (χ0v) is 13.1. The number of ether oxygens (including phenoxy) is 1. The molecule has 0 radical (unpaired) electrons. The normalized spacial score (nSPS) is 16.0. The Bertz CT molecular complexity index is 525. The van der Waals surface area contributed by atoms with E-state index in [-0.39, 0.29) is 12.4 Å². The van der Waals surface area contributed by atoms with Gasteiger partial charge in [-0.1, -0.05) is 12.1 Å². The molecule has 1 aliphatic rings. The summed E-state index contributed by atoms with van der Waals surface area (Å²) in [6.45, 7) is 3.15. The summed E-state index contributed by atoms with van der Waals surface area (Å²) in [5.41, 5.74) is 0. The second kappa shape index (κ2) is 7.81. The van der Waals surface area contributed by atoms with E-state index < -0.39 is 0 Å². The van der Waals surface area contributed by atoms with Crippen molar-refractivity contribution in [3.63, 3.8) is 0 Å². The SMILES string of the molecule is Cl.c1ccc2c(OCCCC3CCNCC3)nsc2c1. The molecule has 2 heterocycles. The topological polar surface area (TPSA) is 34.1 Å². The van der Waals surface area contributed by atoms with Crippen LogP contribution in [0.2, 0.25) is 0 Å². The third kappa shape index (κ3) is 3.84. The maximum absolute atomic E-state index is 5.83. The van der Waals surface area contributed by atoms with E-state index >= 15 is 0 Å². The van der Waals surface area contributed by atoms with Crippen LogP contribution < -0.4 is 10.1 Å². The van der Waals surface area contributed by atoms with Gasteiger partial charge in [0, 0.05) is 0 Å². The van der Waals surface area contributed by atoms with Crippen LogP contribution in [0.3, 0.4) is 0 Å². The van der Waals surface area contributed by atoms with Crippen molar-refractivity contribution in [2.45, 2.75) is 25.7 Å². The molecule has 110 valence electrons. The number of nitrogens with zero attached hydrogens (tertiary/aromatic N) is 1. The summed E-state index contributed by atoms with van der Waals surface area (Å²) in [5, 5.41) is 4.56. The van der Waals surface area contributed by atoms with Crippen molar-refractivity contribution >= 4 is 34.0 Å². The Balaban J connectivity index is 0.00000147. The van der Waals surface area contributed by atoms with Crippen LogP contribution >= 0.6 is 23.9 Å². The van der Waals surface area contributed by atoms with Gasteiger partial charge in [0.1, 0.15) is 0 Å². The first-order chi connectivity index (χ1) is 9.43. The fourth-order valence-electron chi connectivity index (χ4n) is 2.68. The van der Waals surface area contributed by atoms with Crippen molar-refractivity contribution in [2.75, 3.05) is 19.7 Å². The lowest BCUT2D eigenvalue weighted by Gasteiger charge is -2.22. The van der Waals surface area contributed by atoms with Crippen LogP contribution in [0.5, 0.6) is 5.88 Å². The smallest absolute Gasteiger partial charge is 0.233 e. The first kappa shape index (κ1) is 15.5. The molecule has 0 bridgehead atoms. The van der Waals surface area contributed by atoms with Gasteiger partial charge >= 0.3 is 0 Å². The average molecular weight is 313 g/mol. The molecule has 2 aromatic rings. The molecule has 1 aromatic carbocycles. The first-order valence-corrected chi connectivity index (χ1v) is 7.89. The summed E-state index contributed by atoms with van der Waals surface area (Å²) >= 11 is 1.52. The van der Waals surface area contributed by atoms with Gasteiger partial charge in [0.15, 0.2) is 0 Å². The number of aromatic nitrogens is 1. The number of fused-ring (bicyclic) bond motifs is 1. The minimum absolute atomic E-state index is 0. The molecule has 0 amide bonds. The molecule has 0 atom stereocenters. The molecular weight excluding hydrogens is 292 g/mol. The van der Waals surface area contributed by atoms with Crippen LogP contribution in [0, 0.1) is 5.92 Å². The average Bonchev–Trinajstić information content (AvgIpc) is 2.88. The fraction of sp³-hybridized carbons (Fsp3) is 0.533. The molecule has 1 N–H and O–H groups in total. The summed E-state index contributed by atoms with van der Waals surface area (Å²) in [6.07, 6.45) is 5.06. The quantitative estimate of drug-likeness (QED) is 0.851. The van der Waals surface area contributed by atoms with Crippen molar-refractivity contribution in [2.24, 2.45) is 5.92 Å². The third-order valence-electron chi connectivity index (χ3n) is 3.80. The minimum atomic E-state index is 0. The van der Waals surface area contributed by atoms with E-state index in [0.717, 1.165) is 30.2 Å². The lowest BCUT2D eigenvalue weighted by atomic mass is 9.93. The largest absolute Gasteiger partial charge is 0.477 e. The highest BCUT2D eigenvalue weighted by molar-refractivity contribution is 7.13. The Morgan fingerprint density at radius 3 is 2.90 bits per heavy atom. The van der Waals surface area contributed by atoms with E-state index in [1.54, 1.807) is 0 Å². The number of hydrogen-bond acceptors (Lipinski definition) is 4. The molecule has 1 aromatic heterocycles. The molecule has 0 aliphatic carbocycles. The van der Waals surface area contributed by atoms with E-state index in [9.17, 15) is 0 Å². The fourth-order valence-corrected chi connectivity index (χ4v) is 3.40. The van der Waals surface area contributed by atoms with Crippen LogP contribution in [-0.4, -0.2) is 24.1 Å². The Morgan fingerprint density at radius 1 is 1.25 bits per heavy atom. The maximum Gasteiger partial charge on any atom is 0.233 e. The molecule has 0 unspecified atom stereocenters. The zero-order chi connectivity index (χ0) is 12.9. The highest BCUT2D eigenvalue weighted by atomic mass is 35.5. The maximum atomic E-state index is 5.83. The van der Waals surface area contributed by atoms with Gasteiger partial charge in [0.05, 0.1) is 16.7 Å². The molecule has 20 heavy (non-hydrogen) atoms. The molecule has 3 rings (SSSR count). The van der Waals surface area contributed by atoms with E-state index in [4.69, 9.17) is 4.74 Å². The molecule has 5 heteroatoms. The van der Waals surface area contributed by atoms with Crippen molar-refractivity contribution in [1.29, 1.82) is 0 Å². The predicted molar refractivity (Wildman–Crippen MR) is 87.2 cm³/mol. The summed E-state index contributed by atoms with van der Waals surface area (Å²) in [6, 6.07) is 8.26. The second-order valence-electron chi connectivity index (χ2n) is 5.17. The van der Waals surface area contributed by atoms with E-state index in [1.807, 2.05) is 12.1 Å². The number of piperidine rings is 1. The predicted octanol–water partition coefficient (Wildman–Crippen LogP) is 3.88. The van der Waals surface area contributed by atoms with Crippen LogP contribution in [0.15, 0.2) is 24.3 Å². The third-order valence-corrected chi connectivity index (χ3v) is 4.61. The minimum Gasteiger partial charge on any atom is -0.477 e. The van der Waals surface area contributed by atoms with Gasteiger partial charge in [-0.15, -0.1) is 12.4 Å². The van der Waals surface area contributed by atoms with Crippen molar-refractivity contribution < 1.29 is 4.74 Å².